The van der Waals surface area contributed by atoms with Crippen LogP contribution >= 0.6 is 0 Å². The van der Waals surface area contributed by atoms with Crippen molar-refractivity contribution in [3.05, 3.63) is 48.0 Å². The lowest BCUT2D eigenvalue weighted by Crippen LogP contribution is -2.35. The van der Waals surface area contributed by atoms with Gasteiger partial charge in [0.25, 0.3) is 0 Å². The molecule has 6 nitrogen and oxygen atoms in total. The van der Waals surface area contributed by atoms with Crippen molar-refractivity contribution in [2.24, 2.45) is 5.73 Å². The Hall–Kier alpha value is -2.86. The van der Waals surface area contributed by atoms with E-state index >= 15 is 0 Å². The average molecular weight is 350 g/mol. The standard InChI is InChI=1S/C20H22N4O2/c1-24-10-8-16(9-11-24)26-15-5-2-13(3-6-15)20-22-17-7-4-14(19(21)25)12-18(17)23-20/h2-7,12,16H,8-11H2,1H3,(H2,21,25)(H,22,23). The lowest BCUT2D eigenvalue weighted by molar-refractivity contribution is 0.100. The lowest BCUT2D eigenvalue weighted by atomic mass is 10.1. The predicted molar refractivity (Wildman–Crippen MR) is 101 cm³/mol. The number of nitrogens with zero attached hydrogens (tertiary/aromatic N) is 2. The number of imidazole rings is 1. The fraction of sp³-hybridized carbons (Fsp3) is 0.300. The molecule has 0 unspecified atom stereocenters. The Bertz CT molecular complexity index is 925. The van der Waals surface area contributed by atoms with Gasteiger partial charge in [-0.1, -0.05) is 0 Å². The molecule has 134 valence electrons. The van der Waals surface area contributed by atoms with Crippen LogP contribution in [0.1, 0.15) is 23.2 Å². The van der Waals surface area contributed by atoms with Crippen molar-refractivity contribution in [3.8, 4) is 17.1 Å². The molecule has 1 aliphatic rings. The van der Waals surface area contributed by atoms with Crippen LogP contribution < -0.4 is 10.5 Å². The second-order valence-electron chi connectivity index (χ2n) is 6.83. The van der Waals surface area contributed by atoms with Crippen molar-refractivity contribution >= 4 is 16.9 Å². The van der Waals surface area contributed by atoms with Gasteiger partial charge in [0, 0.05) is 24.2 Å². The number of primary amides is 1. The minimum atomic E-state index is -0.452. The van der Waals surface area contributed by atoms with Crippen LogP contribution in [0.4, 0.5) is 0 Å². The van der Waals surface area contributed by atoms with E-state index in [1.807, 2.05) is 30.3 Å². The number of hydrogen-bond donors (Lipinski definition) is 2. The number of ether oxygens (including phenoxy) is 1. The molecule has 1 amide bonds. The number of nitrogens with one attached hydrogen (secondary N) is 1. The summed E-state index contributed by atoms with van der Waals surface area (Å²) in [7, 11) is 2.14. The number of aromatic nitrogens is 2. The van der Waals surface area contributed by atoms with Crippen LogP contribution in [-0.4, -0.2) is 47.0 Å². The first-order valence-electron chi connectivity index (χ1n) is 8.84. The van der Waals surface area contributed by atoms with E-state index in [4.69, 9.17) is 10.5 Å². The van der Waals surface area contributed by atoms with Crippen molar-refractivity contribution in [1.82, 2.24) is 14.9 Å². The van der Waals surface area contributed by atoms with Crippen LogP contribution in [0.25, 0.3) is 22.4 Å². The summed E-state index contributed by atoms with van der Waals surface area (Å²) in [6.45, 7) is 2.16. The van der Waals surface area contributed by atoms with E-state index in [0.717, 1.165) is 54.1 Å². The number of benzene rings is 2. The zero-order chi connectivity index (χ0) is 18.1. The maximum absolute atomic E-state index is 11.3. The molecule has 4 rings (SSSR count). The summed E-state index contributed by atoms with van der Waals surface area (Å²) in [5, 5.41) is 0. The third kappa shape index (κ3) is 3.41. The highest BCUT2D eigenvalue weighted by molar-refractivity contribution is 5.96. The molecular weight excluding hydrogens is 328 g/mol. The van der Waals surface area contributed by atoms with E-state index in [9.17, 15) is 4.79 Å². The molecule has 0 spiro atoms. The van der Waals surface area contributed by atoms with Crippen LogP contribution in [0.5, 0.6) is 5.75 Å². The van der Waals surface area contributed by atoms with E-state index in [2.05, 4.69) is 21.9 Å². The number of hydrogen-bond acceptors (Lipinski definition) is 4. The number of amides is 1. The van der Waals surface area contributed by atoms with Gasteiger partial charge in [-0.2, -0.15) is 0 Å². The molecule has 1 aromatic heterocycles. The second kappa shape index (κ2) is 6.80. The van der Waals surface area contributed by atoms with Gasteiger partial charge in [-0.05, 0) is 62.4 Å². The van der Waals surface area contributed by atoms with Gasteiger partial charge in [-0.15, -0.1) is 0 Å². The summed E-state index contributed by atoms with van der Waals surface area (Å²) in [4.78, 5) is 21.5. The third-order valence-corrected chi connectivity index (χ3v) is 4.86. The number of rotatable bonds is 4. The molecule has 2 aromatic carbocycles. The number of H-pyrrole nitrogens is 1. The molecule has 6 heteroatoms. The summed E-state index contributed by atoms with van der Waals surface area (Å²) in [6, 6.07) is 13.2. The van der Waals surface area contributed by atoms with Crippen LogP contribution in [0.2, 0.25) is 0 Å². The van der Waals surface area contributed by atoms with Crippen molar-refractivity contribution in [1.29, 1.82) is 0 Å². The largest absolute Gasteiger partial charge is 0.490 e. The van der Waals surface area contributed by atoms with Gasteiger partial charge >= 0.3 is 0 Å². The van der Waals surface area contributed by atoms with E-state index in [-0.39, 0.29) is 6.10 Å². The molecule has 0 bridgehead atoms. The van der Waals surface area contributed by atoms with Crippen molar-refractivity contribution in [2.75, 3.05) is 20.1 Å². The van der Waals surface area contributed by atoms with Gasteiger partial charge in [0.05, 0.1) is 11.0 Å². The Morgan fingerprint density at radius 2 is 1.92 bits per heavy atom. The summed E-state index contributed by atoms with van der Waals surface area (Å²) >= 11 is 0. The Morgan fingerprint density at radius 1 is 1.19 bits per heavy atom. The van der Waals surface area contributed by atoms with E-state index < -0.39 is 5.91 Å². The fourth-order valence-corrected chi connectivity index (χ4v) is 3.28. The zero-order valence-electron chi connectivity index (χ0n) is 14.7. The maximum atomic E-state index is 11.3. The van der Waals surface area contributed by atoms with Crippen molar-refractivity contribution < 1.29 is 9.53 Å². The lowest BCUT2D eigenvalue weighted by Gasteiger charge is -2.29. The monoisotopic (exact) mass is 350 g/mol. The number of likely N-dealkylation sites (tertiary alicyclic amines) is 1. The Kier molecular flexibility index (Phi) is 4.34. The predicted octanol–water partition coefficient (Wildman–Crippen LogP) is 2.80. The molecule has 3 aromatic rings. The van der Waals surface area contributed by atoms with Crippen LogP contribution in [-0.2, 0) is 0 Å². The van der Waals surface area contributed by atoms with Gasteiger partial charge in [0.15, 0.2) is 0 Å². The molecule has 0 saturated carbocycles. The van der Waals surface area contributed by atoms with Gasteiger partial charge in [-0.25, -0.2) is 4.98 Å². The highest BCUT2D eigenvalue weighted by Gasteiger charge is 2.18. The topological polar surface area (TPSA) is 84.2 Å². The third-order valence-electron chi connectivity index (χ3n) is 4.86. The van der Waals surface area contributed by atoms with Gasteiger partial charge in [0.1, 0.15) is 17.7 Å². The molecule has 2 heterocycles. The molecule has 3 N–H and O–H groups in total. The number of carbonyl (C=O) groups excluding carboxylic acids is 1. The van der Waals surface area contributed by atoms with Gasteiger partial charge in [-0.3, -0.25) is 4.79 Å². The van der Waals surface area contributed by atoms with Gasteiger partial charge < -0.3 is 20.4 Å². The number of fused-ring (bicyclic) bond motifs is 1. The summed E-state index contributed by atoms with van der Waals surface area (Å²) in [6.07, 6.45) is 2.41. The average Bonchev–Trinajstić information content (AvgIpc) is 3.07. The number of aromatic amines is 1. The molecule has 0 aliphatic carbocycles. The summed E-state index contributed by atoms with van der Waals surface area (Å²) in [5.74, 6) is 1.19. The molecule has 1 aliphatic heterocycles. The zero-order valence-corrected chi connectivity index (χ0v) is 14.7. The summed E-state index contributed by atoms with van der Waals surface area (Å²) < 4.78 is 6.09. The molecule has 1 saturated heterocycles. The molecule has 0 atom stereocenters. The highest BCUT2D eigenvalue weighted by Crippen LogP contribution is 2.25. The molecular formula is C20H22N4O2. The van der Waals surface area contributed by atoms with Crippen LogP contribution in [0.15, 0.2) is 42.5 Å². The SMILES string of the molecule is CN1CCC(Oc2ccc(-c3nc4cc(C(N)=O)ccc4[nH]3)cc2)CC1. The van der Waals surface area contributed by atoms with Crippen LogP contribution in [0, 0.1) is 0 Å². The molecule has 1 fully saturated rings. The Balaban J connectivity index is 1.51. The second-order valence-corrected chi connectivity index (χ2v) is 6.83. The first kappa shape index (κ1) is 16.6. The number of nitrogens with two attached hydrogens (primary N) is 1. The number of carbonyl (C=O) groups is 1. The first-order chi connectivity index (χ1) is 12.6. The van der Waals surface area contributed by atoms with E-state index in [1.54, 1.807) is 12.1 Å². The van der Waals surface area contributed by atoms with Crippen molar-refractivity contribution in [3.63, 3.8) is 0 Å². The van der Waals surface area contributed by atoms with E-state index in [0.29, 0.717) is 5.56 Å². The molecule has 0 radical (unpaired) electrons. The molecule has 26 heavy (non-hydrogen) atoms. The Morgan fingerprint density at radius 3 is 2.62 bits per heavy atom. The van der Waals surface area contributed by atoms with Crippen LogP contribution in [0.3, 0.4) is 0 Å². The quantitative estimate of drug-likeness (QED) is 0.758. The first-order valence-corrected chi connectivity index (χ1v) is 8.84. The van der Waals surface area contributed by atoms with Gasteiger partial charge in [0.2, 0.25) is 5.91 Å². The normalized spacial score (nSPS) is 16.0. The minimum Gasteiger partial charge on any atom is -0.490 e. The Labute approximate surface area is 152 Å². The fourth-order valence-electron chi connectivity index (χ4n) is 3.28. The van der Waals surface area contributed by atoms with Crippen molar-refractivity contribution in [2.45, 2.75) is 18.9 Å². The highest BCUT2D eigenvalue weighted by atomic mass is 16.5. The van der Waals surface area contributed by atoms with E-state index in [1.165, 1.54) is 0 Å². The maximum Gasteiger partial charge on any atom is 0.248 e. The minimum absolute atomic E-state index is 0.287. The summed E-state index contributed by atoms with van der Waals surface area (Å²) in [5.41, 5.74) is 8.35. The smallest absolute Gasteiger partial charge is 0.248 e. The number of piperidine rings is 1.